The quantitative estimate of drug-likeness (QED) is 0.623. The highest BCUT2D eigenvalue weighted by Crippen LogP contribution is 2.43. The third kappa shape index (κ3) is 4.42. The molecule has 35 heavy (non-hydrogen) atoms. The third-order valence-electron chi connectivity index (χ3n) is 7.18. The first-order valence-electron chi connectivity index (χ1n) is 12.2. The van der Waals surface area contributed by atoms with E-state index in [1.165, 1.54) is 23.3 Å². The van der Waals surface area contributed by atoms with Crippen molar-refractivity contribution >= 4 is 15.7 Å². The van der Waals surface area contributed by atoms with Crippen molar-refractivity contribution in [3.05, 3.63) is 95.1 Å². The number of rotatable bonds is 7. The molecule has 6 nitrogen and oxygen atoms in total. The second-order valence-corrected chi connectivity index (χ2v) is 11.0. The number of nitrogens with zero attached hydrogens (tertiary/aromatic N) is 3. The fraction of sp³-hybridized carbons (Fsp3) is 0.333. The van der Waals surface area contributed by atoms with Crippen molar-refractivity contribution in [2.75, 3.05) is 37.7 Å². The van der Waals surface area contributed by atoms with Crippen molar-refractivity contribution in [1.29, 1.82) is 0 Å². The molecule has 0 aromatic heterocycles. The summed E-state index contributed by atoms with van der Waals surface area (Å²) in [6.45, 7) is 7.78. The highest BCUT2D eigenvalue weighted by atomic mass is 32.2. The van der Waals surface area contributed by atoms with Crippen molar-refractivity contribution < 1.29 is 12.8 Å². The van der Waals surface area contributed by atoms with Gasteiger partial charge < -0.3 is 10.3 Å². The van der Waals surface area contributed by atoms with Gasteiger partial charge in [0.05, 0.1) is 16.3 Å². The summed E-state index contributed by atoms with van der Waals surface area (Å²) in [5.74, 6) is -0.202. The summed E-state index contributed by atoms with van der Waals surface area (Å²) in [5.41, 5.74) is 8.77. The molecule has 1 N–H and O–H groups in total. The van der Waals surface area contributed by atoms with E-state index in [0.29, 0.717) is 24.4 Å². The zero-order valence-electron chi connectivity index (χ0n) is 20.1. The second kappa shape index (κ2) is 9.60. The molecule has 2 heterocycles. The van der Waals surface area contributed by atoms with Crippen LogP contribution in [0.2, 0.25) is 0 Å². The van der Waals surface area contributed by atoms with Crippen LogP contribution in [0, 0.1) is 11.7 Å². The standard InChI is InChI=1S/C27H31FN4O2S/c1-3-30(4-2)18-26-24-17-29-32(22-12-10-21(28)11-13-22)27(24)16-20-14-15-31(19-25(20)26)35(33,34)23-8-6-5-7-9-23/h5-13,16-17,26,29H,3-4,14-15,18-19H2,1-2H3/t26-/m1/s1. The molecule has 0 spiro atoms. The molecule has 1 atom stereocenters. The number of allylic oxidation sites excluding steroid dienone is 2. The fourth-order valence-electron chi connectivity index (χ4n) is 5.16. The summed E-state index contributed by atoms with van der Waals surface area (Å²) in [4.78, 5) is 2.71. The highest BCUT2D eigenvalue weighted by molar-refractivity contribution is 7.89. The largest absolute Gasteiger partial charge is 0.303 e. The van der Waals surface area contributed by atoms with Crippen LogP contribution in [0.15, 0.2) is 94.2 Å². The van der Waals surface area contributed by atoms with E-state index in [4.69, 9.17) is 0 Å². The summed E-state index contributed by atoms with van der Waals surface area (Å²) in [5, 5.41) is 1.99. The van der Waals surface area contributed by atoms with Crippen molar-refractivity contribution in [3.8, 4) is 0 Å². The first-order valence-corrected chi connectivity index (χ1v) is 13.6. The van der Waals surface area contributed by atoms with Crippen LogP contribution in [0.5, 0.6) is 0 Å². The zero-order valence-corrected chi connectivity index (χ0v) is 20.9. The molecule has 0 saturated heterocycles. The number of anilines is 1. The summed E-state index contributed by atoms with van der Waals surface area (Å²) in [6.07, 6.45) is 4.84. The van der Waals surface area contributed by atoms with Gasteiger partial charge in [0, 0.05) is 37.3 Å². The molecule has 0 bridgehead atoms. The number of fused-ring (bicyclic) bond motifs is 1. The van der Waals surface area contributed by atoms with Gasteiger partial charge in [0.15, 0.2) is 0 Å². The van der Waals surface area contributed by atoms with E-state index in [2.05, 4.69) is 30.2 Å². The van der Waals surface area contributed by atoms with E-state index in [0.717, 1.165) is 36.6 Å². The van der Waals surface area contributed by atoms with Crippen molar-refractivity contribution in [3.63, 3.8) is 0 Å². The summed E-state index contributed by atoms with van der Waals surface area (Å²) >= 11 is 0. The topological polar surface area (TPSA) is 55.9 Å². The average Bonchev–Trinajstić information content (AvgIpc) is 3.31. The smallest absolute Gasteiger partial charge is 0.243 e. The molecule has 2 aromatic carbocycles. The maximum atomic E-state index is 13.5. The van der Waals surface area contributed by atoms with Crippen LogP contribution in [0.25, 0.3) is 0 Å². The Bertz CT molecular complexity index is 1280. The van der Waals surface area contributed by atoms with Gasteiger partial charge in [0.1, 0.15) is 5.82 Å². The van der Waals surface area contributed by atoms with Gasteiger partial charge in [-0.25, -0.2) is 12.8 Å². The lowest BCUT2D eigenvalue weighted by atomic mass is 9.79. The Morgan fingerprint density at radius 1 is 1.06 bits per heavy atom. The van der Waals surface area contributed by atoms with Crippen molar-refractivity contribution in [2.24, 2.45) is 5.92 Å². The van der Waals surface area contributed by atoms with Crippen LogP contribution in [0.4, 0.5) is 10.1 Å². The second-order valence-electron chi connectivity index (χ2n) is 9.06. The SMILES string of the molecule is CCN(CC)C[C@@H]1C2=CNN(c3ccc(F)cc3)C2=CC2=C1CN(S(=O)(=O)c1ccccc1)CC2. The van der Waals surface area contributed by atoms with Crippen molar-refractivity contribution in [1.82, 2.24) is 14.6 Å². The average molecular weight is 495 g/mol. The Morgan fingerprint density at radius 2 is 1.77 bits per heavy atom. The minimum atomic E-state index is -3.57. The summed E-state index contributed by atoms with van der Waals surface area (Å²) in [6, 6.07) is 15.1. The Kier molecular flexibility index (Phi) is 6.53. The molecule has 0 radical (unpaired) electrons. The van der Waals surface area contributed by atoms with Gasteiger partial charge in [0.2, 0.25) is 10.0 Å². The van der Waals surface area contributed by atoms with Crippen LogP contribution in [0.3, 0.4) is 0 Å². The summed E-state index contributed by atoms with van der Waals surface area (Å²) < 4.78 is 42.0. The van der Waals surface area contributed by atoms with Gasteiger partial charge in [-0.2, -0.15) is 4.31 Å². The minimum absolute atomic E-state index is 0.0663. The number of hydrazine groups is 1. The van der Waals surface area contributed by atoms with Crippen LogP contribution < -0.4 is 10.4 Å². The predicted octanol–water partition coefficient (Wildman–Crippen LogP) is 4.28. The number of nitrogens with one attached hydrogen (secondary N) is 1. The normalized spacial score (nSPS) is 20.3. The van der Waals surface area contributed by atoms with Gasteiger partial charge in [-0.3, -0.25) is 5.01 Å². The van der Waals surface area contributed by atoms with E-state index in [1.807, 2.05) is 17.3 Å². The molecule has 0 fully saturated rings. The van der Waals surface area contributed by atoms with Gasteiger partial charge in [-0.05, 0) is 73.1 Å². The van der Waals surface area contributed by atoms with Crippen molar-refractivity contribution in [2.45, 2.75) is 25.2 Å². The first kappa shape index (κ1) is 23.8. The molecule has 184 valence electrons. The molecular formula is C27H31FN4O2S. The fourth-order valence-corrected chi connectivity index (χ4v) is 6.60. The molecular weight excluding hydrogens is 463 g/mol. The molecule has 0 amide bonds. The Hall–Kier alpha value is -2.94. The highest BCUT2D eigenvalue weighted by Gasteiger charge is 2.39. The lowest BCUT2D eigenvalue weighted by Gasteiger charge is -2.39. The molecule has 2 aliphatic heterocycles. The van der Waals surface area contributed by atoms with Gasteiger partial charge >= 0.3 is 0 Å². The molecule has 1 aliphatic carbocycles. The molecule has 2 aromatic rings. The number of hydrogen-bond acceptors (Lipinski definition) is 5. The zero-order chi connectivity index (χ0) is 24.6. The predicted molar refractivity (Wildman–Crippen MR) is 136 cm³/mol. The summed E-state index contributed by atoms with van der Waals surface area (Å²) in [7, 11) is -3.57. The Labute approximate surface area is 207 Å². The van der Waals surface area contributed by atoms with Crippen LogP contribution in [0.1, 0.15) is 20.3 Å². The number of halogens is 1. The van der Waals surface area contributed by atoms with Gasteiger partial charge in [0.25, 0.3) is 0 Å². The lowest BCUT2D eigenvalue weighted by molar-refractivity contribution is 0.273. The minimum Gasteiger partial charge on any atom is -0.303 e. The third-order valence-corrected chi connectivity index (χ3v) is 9.04. The maximum absolute atomic E-state index is 13.5. The van der Waals surface area contributed by atoms with Crippen LogP contribution in [-0.4, -0.2) is 50.3 Å². The van der Waals surface area contributed by atoms with Gasteiger partial charge in [-0.1, -0.05) is 32.0 Å². The monoisotopic (exact) mass is 494 g/mol. The molecule has 0 unspecified atom stereocenters. The maximum Gasteiger partial charge on any atom is 0.243 e. The number of benzene rings is 2. The molecule has 3 aliphatic rings. The van der Waals surface area contributed by atoms with E-state index in [1.54, 1.807) is 40.7 Å². The van der Waals surface area contributed by atoms with E-state index < -0.39 is 10.0 Å². The lowest BCUT2D eigenvalue weighted by Crippen LogP contribution is -2.42. The first-order chi connectivity index (χ1) is 16.9. The van der Waals surface area contributed by atoms with Gasteiger partial charge in [-0.15, -0.1) is 0 Å². The number of hydrogen-bond donors (Lipinski definition) is 1. The van der Waals surface area contributed by atoms with E-state index >= 15 is 0 Å². The van der Waals surface area contributed by atoms with E-state index in [9.17, 15) is 12.8 Å². The Balaban J connectivity index is 1.52. The number of sulfonamides is 1. The van der Waals surface area contributed by atoms with Crippen LogP contribution in [-0.2, 0) is 10.0 Å². The van der Waals surface area contributed by atoms with E-state index in [-0.39, 0.29) is 11.7 Å². The molecule has 8 heteroatoms. The van der Waals surface area contributed by atoms with Crippen LogP contribution >= 0.6 is 0 Å². The Morgan fingerprint density at radius 3 is 2.46 bits per heavy atom. The molecule has 5 rings (SSSR count). The molecule has 0 saturated carbocycles.